The lowest BCUT2D eigenvalue weighted by Gasteiger charge is -2.07. The molecular formula is C17H9FN6OS. The van der Waals surface area contributed by atoms with E-state index in [0.717, 1.165) is 16.6 Å². The average Bonchev–Trinajstić information content (AvgIpc) is 3.24. The lowest BCUT2D eigenvalue weighted by Crippen LogP contribution is -2.13. The molecule has 0 radical (unpaired) electrons. The minimum Gasteiger partial charge on any atom is -0.322 e. The van der Waals surface area contributed by atoms with Gasteiger partial charge in [-0.15, -0.1) is 10.2 Å². The summed E-state index contributed by atoms with van der Waals surface area (Å²) in [6.45, 7) is 0. The van der Waals surface area contributed by atoms with Crippen LogP contribution in [-0.4, -0.2) is 25.7 Å². The van der Waals surface area contributed by atoms with E-state index in [1.807, 2.05) is 6.07 Å². The quantitative estimate of drug-likeness (QED) is 0.602. The van der Waals surface area contributed by atoms with Crippen LogP contribution in [0.3, 0.4) is 0 Å². The van der Waals surface area contributed by atoms with Crippen molar-refractivity contribution >= 4 is 27.9 Å². The van der Waals surface area contributed by atoms with Gasteiger partial charge in [0.2, 0.25) is 4.96 Å². The first-order valence-corrected chi connectivity index (χ1v) is 8.24. The number of hydrogen-bond donors (Lipinski definition) is 1. The Hall–Kier alpha value is -3.64. The normalized spacial score (nSPS) is 10.6. The van der Waals surface area contributed by atoms with Gasteiger partial charge in [0.1, 0.15) is 17.2 Å². The van der Waals surface area contributed by atoms with Crippen LogP contribution in [0.4, 0.5) is 10.1 Å². The van der Waals surface area contributed by atoms with Crippen molar-refractivity contribution in [2.75, 3.05) is 5.32 Å². The third-order valence-electron chi connectivity index (χ3n) is 3.62. The highest BCUT2D eigenvalue weighted by atomic mass is 32.1. The fraction of sp³-hybridized carbons (Fsp3) is 0. The van der Waals surface area contributed by atoms with Crippen LogP contribution in [0.25, 0.3) is 15.5 Å². The number of amides is 1. The standard InChI is InChI=1S/C17H9FN6OS/c18-14-7-10(8-19)1-6-13(14)15(25)21-12-4-2-11(3-5-12)16-23-24-9-20-22-17(24)26-16/h1-7,9H,(H,21,25). The molecule has 0 unspecified atom stereocenters. The number of anilines is 1. The Morgan fingerprint density at radius 3 is 2.73 bits per heavy atom. The van der Waals surface area contributed by atoms with Crippen LogP contribution < -0.4 is 5.32 Å². The summed E-state index contributed by atoms with van der Waals surface area (Å²) in [5, 5.41) is 24.2. The van der Waals surface area contributed by atoms with Gasteiger partial charge in [-0.2, -0.15) is 14.9 Å². The van der Waals surface area contributed by atoms with Gasteiger partial charge in [-0.25, -0.2) is 4.39 Å². The van der Waals surface area contributed by atoms with Gasteiger partial charge in [-0.05, 0) is 42.5 Å². The van der Waals surface area contributed by atoms with Gasteiger partial charge in [0.15, 0.2) is 0 Å². The smallest absolute Gasteiger partial charge is 0.258 e. The summed E-state index contributed by atoms with van der Waals surface area (Å²) < 4.78 is 15.5. The molecule has 2 aromatic heterocycles. The number of halogens is 1. The van der Waals surface area contributed by atoms with Crippen LogP contribution >= 0.6 is 11.3 Å². The number of carbonyl (C=O) groups excluding carboxylic acids is 1. The molecule has 0 bridgehead atoms. The van der Waals surface area contributed by atoms with Gasteiger partial charge in [0, 0.05) is 11.3 Å². The van der Waals surface area contributed by atoms with Crippen molar-refractivity contribution in [1.29, 1.82) is 5.26 Å². The molecule has 0 fully saturated rings. The molecule has 2 aromatic carbocycles. The maximum atomic E-state index is 13.9. The lowest BCUT2D eigenvalue weighted by molar-refractivity contribution is 0.102. The van der Waals surface area contributed by atoms with Crippen LogP contribution in [0.15, 0.2) is 48.8 Å². The summed E-state index contributed by atoms with van der Waals surface area (Å²) in [6.07, 6.45) is 1.52. The molecule has 0 saturated heterocycles. The minimum absolute atomic E-state index is 0.123. The van der Waals surface area contributed by atoms with E-state index < -0.39 is 11.7 Å². The van der Waals surface area contributed by atoms with Crippen molar-refractivity contribution in [1.82, 2.24) is 19.8 Å². The third kappa shape index (κ3) is 2.89. The Balaban J connectivity index is 1.53. The van der Waals surface area contributed by atoms with Gasteiger partial charge < -0.3 is 5.32 Å². The average molecular weight is 364 g/mol. The monoisotopic (exact) mass is 364 g/mol. The van der Waals surface area contributed by atoms with E-state index in [-0.39, 0.29) is 11.1 Å². The van der Waals surface area contributed by atoms with Crippen LogP contribution in [-0.2, 0) is 0 Å². The lowest BCUT2D eigenvalue weighted by atomic mass is 10.1. The van der Waals surface area contributed by atoms with E-state index in [0.29, 0.717) is 10.6 Å². The number of nitrogens with one attached hydrogen (secondary N) is 1. The molecule has 2 heterocycles. The van der Waals surface area contributed by atoms with Crippen molar-refractivity contribution in [3.63, 3.8) is 0 Å². The predicted molar refractivity (Wildman–Crippen MR) is 93.2 cm³/mol. The van der Waals surface area contributed by atoms with E-state index in [1.165, 1.54) is 29.8 Å². The molecule has 7 nitrogen and oxygen atoms in total. The fourth-order valence-corrected chi connectivity index (χ4v) is 3.16. The van der Waals surface area contributed by atoms with Crippen LogP contribution in [0.5, 0.6) is 0 Å². The van der Waals surface area contributed by atoms with Gasteiger partial charge in [-0.1, -0.05) is 11.3 Å². The fourth-order valence-electron chi connectivity index (χ4n) is 2.34. The second kappa shape index (κ2) is 6.34. The summed E-state index contributed by atoms with van der Waals surface area (Å²) in [5.74, 6) is -1.32. The number of hydrogen-bond acceptors (Lipinski definition) is 6. The zero-order valence-electron chi connectivity index (χ0n) is 13.0. The number of carbonyl (C=O) groups is 1. The molecule has 0 atom stereocenters. The number of nitrogens with zero attached hydrogens (tertiary/aromatic N) is 5. The Kier molecular flexibility index (Phi) is 3.87. The van der Waals surface area contributed by atoms with Crippen molar-refractivity contribution in [3.8, 4) is 16.6 Å². The minimum atomic E-state index is -0.738. The first-order valence-electron chi connectivity index (χ1n) is 7.42. The second-order valence-corrected chi connectivity index (χ2v) is 6.26. The summed E-state index contributed by atoms with van der Waals surface area (Å²) in [5.41, 5.74) is 1.42. The number of fused-ring (bicyclic) bond motifs is 1. The van der Waals surface area contributed by atoms with Gasteiger partial charge in [0.25, 0.3) is 5.91 Å². The van der Waals surface area contributed by atoms with Crippen molar-refractivity contribution in [3.05, 3.63) is 65.7 Å². The molecule has 0 aliphatic rings. The van der Waals surface area contributed by atoms with E-state index in [4.69, 9.17) is 5.26 Å². The van der Waals surface area contributed by atoms with Crippen LogP contribution in [0.2, 0.25) is 0 Å². The van der Waals surface area contributed by atoms with Gasteiger partial charge in [0.05, 0.1) is 17.2 Å². The number of nitriles is 1. The Labute approximate surface area is 150 Å². The zero-order chi connectivity index (χ0) is 18.1. The molecule has 0 spiro atoms. The summed E-state index contributed by atoms with van der Waals surface area (Å²) in [7, 11) is 0. The molecule has 0 saturated carbocycles. The topological polar surface area (TPSA) is 96.0 Å². The molecule has 4 aromatic rings. The Bertz CT molecular complexity index is 1130. The Morgan fingerprint density at radius 2 is 2.04 bits per heavy atom. The first kappa shape index (κ1) is 15.9. The SMILES string of the molecule is N#Cc1ccc(C(=O)Nc2ccc(-c3nn4cnnc4s3)cc2)c(F)c1. The molecule has 1 amide bonds. The van der Waals surface area contributed by atoms with Crippen molar-refractivity contribution in [2.24, 2.45) is 0 Å². The highest BCUT2D eigenvalue weighted by Gasteiger charge is 2.13. The largest absolute Gasteiger partial charge is 0.322 e. The Morgan fingerprint density at radius 1 is 1.23 bits per heavy atom. The molecule has 126 valence electrons. The zero-order valence-corrected chi connectivity index (χ0v) is 13.9. The summed E-state index contributed by atoms with van der Waals surface area (Å²) in [6, 6.07) is 12.6. The first-order chi connectivity index (χ1) is 12.6. The molecule has 9 heteroatoms. The second-order valence-electron chi connectivity index (χ2n) is 5.30. The van der Waals surface area contributed by atoms with Gasteiger partial charge in [-0.3, -0.25) is 4.79 Å². The van der Waals surface area contributed by atoms with Crippen LogP contribution in [0.1, 0.15) is 15.9 Å². The maximum absolute atomic E-state index is 13.9. The van der Waals surface area contributed by atoms with Gasteiger partial charge >= 0.3 is 0 Å². The molecular weight excluding hydrogens is 355 g/mol. The molecule has 1 N–H and O–H groups in total. The molecule has 4 rings (SSSR count). The van der Waals surface area contributed by atoms with Crippen molar-refractivity contribution < 1.29 is 9.18 Å². The van der Waals surface area contributed by atoms with E-state index in [2.05, 4.69) is 20.6 Å². The number of rotatable bonds is 3. The van der Waals surface area contributed by atoms with E-state index in [1.54, 1.807) is 28.8 Å². The highest BCUT2D eigenvalue weighted by Crippen LogP contribution is 2.26. The van der Waals surface area contributed by atoms with E-state index in [9.17, 15) is 9.18 Å². The maximum Gasteiger partial charge on any atom is 0.258 e. The van der Waals surface area contributed by atoms with Crippen LogP contribution in [0, 0.1) is 17.1 Å². The molecule has 26 heavy (non-hydrogen) atoms. The number of aromatic nitrogens is 4. The van der Waals surface area contributed by atoms with Crippen molar-refractivity contribution in [2.45, 2.75) is 0 Å². The third-order valence-corrected chi connectivity index (χ3v) is 4.58. The number of benzene rings is 2. The molecule has 0 aliphatic heterocycles. The highest BCUT2D eigenvalue weighted by molar-refractivity contribution is 7.19. The molecule has 0 aliphatic carbocycles. The summed E-state index contributed by atoms with van der Waals surface area (Å²) >= 11 is 1.39. The predicted octanol–water partition coefficient (Wildman–Crippen LogP) is 3.12. The van der Waals surface area contributed by atoms with E-state index >= 15 is 0 Å². The summed E-state index contributed by atoms with van der Waals surface area (Å²) in [4.78, 5) is 12.9.